The van der Waals surface area contributed by atoms with Crippen LogP contribution in [0.2, 0.25) is 0 Å². The molecule has 0 aromatic carbocycles. The Hall–Kier alpha value is -1.43. The molecule has 0 atom stereocenters. The highest BCUT2D eigenvalue weighted by molar-refractivity contribution is 7.18. The van der Waals surface area contributed by atoms with Gasteiger partial charge in [0.1, 0.15) is 4.88 Å². The van der Waals surface area contributed by atoms with Gasteiger partial charge in [-0.25, -0.2) is 4.98 Å². The van der Waals surface area contributed by atoms with Crippen LogP contribution in [0.3, 0.4) is 0 Å². The van der Waals surface area contributed by atoms with Crippen molar-refractivity contribution in [3.05, 3.63) is 11.5 Å². The van der Waals surface area contributed by atoms with E-state index in [0.717, 1.165) is 42.1 Å². The van der Waals surface area contributed by atoms with Crippen LogP contribution in [0.4, 0.5) is 5.13 Å². The van der Waals surface area contributed by atoms with Crippen LogP contribution in [0, 0.1) is 0 Å². The second kappa shape index (κ2) is 5.27. The molecule has 0 saturated heterocycles. The second-order valence-corrected chi connectivity index (χ2v) is 4.87. The Morgan fingerprint density at radius 2 is 1.94 bits per heavy atom. The molecular weight excluding hydrogens is 236 g/mol. The van der Waals surface area contributed by atoms with E-state index < -0.39 is 0 Å². The van der Waals surface area contributed by atoms with Crippen molar-refractivity contribution in [2.24, 2.45) is 0 Å². The Morgan fingerprint density at radius 3 is 2.65 bits per heavy atom. The highest BCUT2D eigenvalue weighted by Gasteiger charge is 2.17. The highest BCUT2D eigenvalue weighted by Crippen LogP contribution is 2.31. The molecule has 0 aliphatic heterocycles. The molecule has 0 unspecified atom stereocenters. The van der Waals surface area contributed by atoms with Crippen LogP contribution >= 0.6 is 11.3 Å². The molecule has 0 saturated carbocycles. The molecule has 0 aliphatic rings. The van der Waals surface area contributed by atoms with Gasteiger partial charge in [-0.3, -0.25) is 0 Å². The SMILES string of the molecule is CCCc1noc(-c2sc(N)nc2CCC)n1. The van der Waals surface area contributed by atoms with Crippen molar-refractivity contribution in [1.29, 1.82) is 0 Å². The molecule has 2 heterocycles. The molecule has 2 rings (SSSR count). The van der Waals surface area contributed by atoms with Crippen molar-refractivity contribution in [1.82, 2.24) is 15.1 Å². The summed E-state index contributed by atoms with van der Waals surface area (Å²) in [6, 6.07) is 0. The standard InChI is InChI=1S/C11H16N4OS/c1-3-5-7-9(17-11(12)13-7)10-14-8(6-4-2)15-16-10/h3-6H2,1-2H3,(H2,12,13). The van der Waals surface area contributed by atoms with E-state index in [2.05, 4.69) is 29.0 Å². The maximum absolute atomic E-state index is 5.73. The van der Waals surface area contributed by atoms with Crippen LogP contribution in [0.5, 0.6) is 0 Å². The predicted molar refractivity (Wildman–Crippen MR) is 67.8 cm³/mol. The number of anilines is 1. The Kier molecular flexibility index (Phi) is 3.73. The molecule has 5 nitrogen and oxygen atoms in total. The van der Waals surface area contributed by atoms with Gasteiger partial charge >= 0.3 is 0 Å². The number of nitrogens with two attached hydrogens (primary N) is 1. The zero-order chi connectivity index (χ0) is 12.3. The summed E-state index contributed by atoms with van der Waals surface area (Å²) in [5.41, 5.74) is 6.69. The lowest BCUT2D eigenvalue weighted by atomic mass is 10.2. The molecule has 6 heteroatoms. The molecule has 0 amide bonds. The minimum absolute atomic E-state index is 0.547. The molecule has 0 aliphatic carbocycles. The average Bonchev–Trinajstić information content (AvgIpc) is 2.87. The summed E-state index contributed by atoms with van der Waals surface area (Å²) in [4.78, 5) is 9.58. The van der Waals surface area contributed by atoms with E-state index in [1.807, 2.05) is 0 Å². The summed E-state index contributed by atoms with van der Waals surface area (Å²) in [5.74, 6) is 1.29. The Labute approximate surface area is 104 Å². The van der Waals surface area contributed by atoms with E-state index in [9.17, 15) is 0 Å². The summed E-state index contributed by atoms with van der Waals surface area (Å²) in [5, 5.41) is 4.50. The van der Waals surface area contributed by atoms with Crippen molar-refractivity contribution < 1.29 is 4.52 Å². The Morgan fingerprint density at radius 1 is 1.18 bits per heavy atom. The third-order valence-electron chi connectivity index (χ3n) is 2.34. The fraction of sp³-hybridized carbons (Fsp3) is 0.545. The molecule has 2 N–H and O–H groups in total. The first-order valence-electron chi connectivity index (χ1n) is 5.82. The smallest absolute Gasteiger partial charge is 0.270 e. The Balaban J connectivity index is 2.30. The fourth-order valence-corrected chi connectivity index (χ4v) is 2.42. The molecule has 17 heavy (non-hydrogen) atoms. The van der Waals surface area contributed by atoms with Gasteiger partial charge in [0, 0.05) is 6.42 Å². The van der Waals surface area contributed by atoms with Gasteiger partial charge in [0.05, 0.1) is 5.69 Å². The molecule has 0 fully saturated rings. The summed E-state index contributed by atoms with van der Waals surface area (Å²) in [7, 11) is 0. The maximum atomic E-state index is 5.73. The van der Waals surface area contributed by atoms with E-state index in [1.165, 1.54) is 11.3 Å². The third-order valence-corrected chi connectivity index (χ3v) is 3.25. The summed E-state index contributed by atoms with van der Waals surface area (Å²) < 4.78 is 5.26. The topological polar surface area (TPSA) is 77.8 Å². The molecule has 0 bridgehead atoms. The number of thiazole rings is 1. The molecule has 0 radical (unpaired) electrons. The first-order valence-corrected chi connectivity index (χ1v) is 6.64. The van der Waals surface area contributed by atoms with E-state index in [0.29, 0.717) is 11.0 Å². The van der Waals surface area contributed by atoms with E-state index in [4.69, 9.17) is 10.3 Å². The minimum Gasteiger partial charge on any atom is -0.375 e. The maximum Gasteiger partial charge on any atom is 0.270 e. The molecule has 2 aromatic rings. The van der Waals surface area contributed by atoms with Gasteiger partial charge in [-0.15, -0.1) is 0 Å². The van der Waals surface area contributed by atoms with Crippen LogP contribution in [0.1, 0.15) is 38.2 Å². The van der Waals surface area contributed by atoms with Crippen LogP contribution in [-0.2, 0) is 12.8 Å². The number of aryl methyl sites for hydroxylation is 2. The molecule has 0 spiro atoms. The lowest BCUT2D eigenvalue weighted by Gasteiger charge is -1.93. The van der Waals surface area contributed by atoms with Gasteiger partial charge in [0.15, 0.2) is 11.0 Å². The van der Waals surface area contributed by atoms with Gasteiger partial charge in [-0.05, 0) is 12.8 Å². The minimum atomic E-state index is 0.547. The monoisotopic (exact) mass is 252 g/mol. The lowest BCUT2D eigenvalue weighted by molar-refractivity contribution is 0.422. The number of hydrogen-bond acceptors (Lipinski definition) is 6. The van der Waals surface area contributed by atoms with Crippen molar-refractivity contribution in [2.75, 3.05) is 5.73 Å². The molecular formula is C11H16N4OS. The van der Waals surface area contributed by atoms with E-state index in [1.54, 1.807) is 0 Å². The first-order chi connectivity index (χ1) is 8.24. The molecule has 2 aromatic heterocycles. The summed E-state index contributed by atoms with van der Waals surface area (Å²) in [6.07, 6.45) is 3.74. The van der Waals surface area contributed by atoms with Crippen molar-refractivity contribution in [3.63, 3.8) is 0 Å². The highest BCUT2D eigenvalue weighted by atomic mass is 32.1. The Bertz CT molecular complexity index is 491. The average molecular weight is 252 g/mol. The van der Waals surface area contributed by atoms with Crippen LogP contribution < -0.4 is 5.73 Å². The predicted octanol–water partition coefficient (Wildman–Crippen LogP) is 2.68. The van der Waals surface area contributed by atoms with Crippen LogP contribution in [0.25, 0.3) is 10.8 Å². The lowest BCUT2D eigenvalue weighted by Crippen LogP contribution is -1.89. The zero-order valence-electron chi connectivity index (χ0n) is 10.1. The van der Waals surface area contributed by atoms with Crippen molar-refractivity contribution in [3.8, 4) is 10.8 Å². The van der Waals surface area contributed by atoms with Crippen molar-refractivity contribution >= 4 is 16.5 Å². The van der Waals surface area contributed by atoms with Gasteiger partial charge < -0.3 is 10.3 Å². The number of aromatic nitrogens is 3. The normalized spacial score (nSPS) is 10.9. The van der Waals surface area contributed by atoms with Gasteiger partial charge in [-0.1, -0.05) is 36.8 Å². The van der Waals surface area contributed by atoms with Gasteiger partial charge in [0.2, 0.25) is 0 Å². The first kappa shape index (κ1) is 12.0. The quantitative estimate of drug-likeness (QED) is 0.885. The summed E-state index contributed by atoms with van der Waals surface area (Å²) >= 11 is 1.41. The van der Waals surface area contributed by atoms with Crippen molar-refractivity contribution in [2.45, 2.75) is 39.5 Å². The second-order valence-electron chi connectivity index (χ2n) is 3.84. The van der Waals surface area contributed by atoms with E-state index in [-0.39, 0.29) is 0 Å². The van der Waals surface area contributed by atoms with Gasteiger partial charge in [0.25, 0.3) is 5.89 Å². The third kappa shape index (κ3) is 2.63. The summed E-state index contributed by atoms with van der Waals surface area (Å²) in [6.45, 7) is 4.19. The largest absolute Gasteiger partial charge is 0.375 e. The number of hydrogen-bond donors (Lipinski definition) is 1. The molecule has 92 valence electrons. The number of rotatable bonds is 5. The van der Waals surface area contributed by atoms with Crippen LogP contribution in [-0.4, -0.2) is 15.1 Å². The van der Waals surface area contributed by atoms with E-state index >= 15 is 0 Å². The zero-order valence-corrected chi connectivity index (χ0v) is 10.9. The fourth-order valence-electron chi connectivity index (χ4n) is 1.61. The number of nitrogen functional groups attached to an aromatic ring is 1. The van der Waals surface area contributed by atoms with Crippen LogP contribution in [0.15, 0.2) is 4.52 Å². The van der Waals surface area contributed by atoms with Gasteiger partial charge in [-0.2, -0.15) is 4.98 Å². The number of nitrogens with zero attached hydrogens (tertiary/aromatic N) is 3.